The zero-order valence-electron chi connectivity index (χ0n) is 19.8. The van der Waals surface area contributed by atoms with Gasteiger partial charge in [-0.15, -0.1) is 23.2 Å². The van der Waals surface area contributed by atoms with Gasteiger partial charge in [-0.1, -0.05) is 55.5 Å². The van der Waals surface area contributed by atoms with Gasteiger partial charge in [0, 0.05) is 6.04 Å². The molecule has 2 aromatic rings. The second kappa shape index (κ2) is 7.81. The van der Waals surface area contributed by atoms with Crippen LogP contribution < -0.4 is 5.32 Å². The van der Waals surface area contributed by atoms with E-state index in [2.05, 4.69) is 12.2 Å². The maximum atomic E-state index is 14.0. The Bertz CT molecular complexity index is 1130. The van der Waals surface area contributed by atoms with Crippen LogP contribution in [0.2, 0.25) is 0 Å². The van der Waals surface area contributed by atoms with E-state index in [0.29, 0.717) is 5.92 Å². The molecule has 7 heteroatoms. The topological polar surface area (TPSA) is 66.5 Å². The van der Waals surface area contributed by atoms with Gasteiger partial charge in [0.25, 0.3) is 0 Å². The summed E-state index contributed by atoms with van der Waals surface area (Å²) in [6.07, 6.45) is 3.94. The molecule has 0 radical (unpaired) electrons. The Kier molecular flexibility index (Phi) is 5.15. The van der Waals surface area contributed by atoms with Gasteiger partial charge in [-0.05, 0) is 60.8 Å². The molecule has 2 fully saturated rings. The van der Waals surface area contributed by atoms with Crippen molar-refractivity contribution in [3.05, 3.63) is 70.8 Å². The van der Waals surface area contributed by atoms with Gasteiger partial charge in [-0.2, -0.15) is 0 Å². The first-order valence-electron chi connectivity index (χ1n) is 12.5. The number of alkyl halides is 2. The SMILES string of the molecule is CC1CCC(NC(=O)[C@H](C)N2C(=O)[C@@H]3[C@@H](C2=O)C2(Cl)c4ccccc4C3(Cl)c3ccccc32)CC1. The minimum absolute atomic E-state index is 0.0691. The van der Waals surface area contributed by atoms with Crippen LogP contribution in [0.15, 0.2) is 48.5 Å². The number of carbonyl (C=O) groups excluding carboxylic acids is 3. The number of likely N-dealkylation sites (tertiary alicyclic amines) is 1. The third-order valence-corrected chi connectivity index (χ3v) is 10.0. The Balaban J connectivity index is 1.40. The molecule has 182 valence electrons. The third-order valence-electron chi connectivity index (χ3n) is 8.75. The fourth-order valence-electron chi connectivity index (χ4n) is 6.91. The molecule has 1 N–H and O–H groups in total. The number of nitrogens with one attached hydrogen (secondary N) is 1. The molecule has 7 rings (SSSR count). The molecule has 5 nitrogen and oxygen atoms in total. The molecular weight excluding hydrogens is 483 g/mol. The van der Waals surface area contributed by atoms with Gasteiger partial charge in [0.2, 0.25) is 17.7 Å². The van der Waals surface area contributed by atoms with Crippen molar-refractivity contribution in [3.63, 3.8) is 0 Å². The van der Waals surface area contributed by atoms with E-state index >= 15 is 0 Å². The number of carbonyl (C=O) groups is 3. The molecule has 3 amide bonds. The summed E-state index contributed by atoms with van der Waals surface area (Å²) < 4.78 is 0. The summed E-state index contributed by atoms with van der Waals surface area (Å²) in [5.41, 5.74) is 3.03. The molecule has 5 aliphatic rings. The van der Waals surface area contributed by atoms with Gasteiger partial charge in [0.1, 0.15) is 15.8 Å². The molecule has 0 spiro atoms. The van der Waals surface area contributed by atoms with Crippen molar-refractivity contribution in [2.24, 2.45) is 17.8 Å². The first-order chi connectivity index (χ1) is 16.7. The van der Waals surface area contributed by atoms with Gasteiger partial charge in [-0.25, -0.2) is 0 Å². The first kappa shape index (κ1) is 23.1. The van der Waals surface area contributed by atoms with Crippen molar-refractivity contribution in [1.29, 1.82) is 0 Å². The molecule has 1 saturated heterocycles. The third kappa shape index (κ3) is 2.91. The van der Waals surface area contributed by atoms with E-state index in [9.17, 15) is 14.4 Å². The maximum Gasteiger partial charge on any atom is 0.243 e. The predicted molar refractivity (Wildman–Crippen MR) is 134 cm³/mol. The van der Waals surface area contributed by atoms with Crippen LogP contribution in [-0.4, -0.2) is 34.7 Å². The van der Waals surface area contributed by atoms with E-state index in [1.54, 1.807) is 6.92 Å². The molecule has 35 heavy (non-hydrogen) atoms. The standard InChI is InChI=1S/C28H28Cl2N2O3/c1-15-11-13-17(14-12-15)31-24(33)16(2)32-25(34)22-23(26(32)35)28(30)19-8-4-3-7-18(19)27(22,29)20-9-5-6-10-21(20)28/h3-10,15-17,22-23H,11-14H2,1-2H3,(H,31,33)/t15?,16-,17?,22-,23-,27?,28?/m0/s1. The number of nitrogens with zero attached hydrogens (tertiary/aromatic N) is 1. The van der Waals surface area contributed by atoms with Gasteiger partial charge in [0.15, 0.2) is 0 Å². The summed E-state index contributed by atoms with van der Waals surface area (Å²) in [7, 11) is 0. The molecule has 0 aromatic heterocycles. The number of amides is 3. The lowest BCUT2D eigenvalue weighted by Gasteiger charge is -2.54. The van der Waals surface area contributed by atoms with E-state index in [1.165, 1.54) is 0 Å². The minimum atomic E-state index is -1.23. The minimum Gasteiger partial charge on any atom is -0.352 e. The van der Waals surface area contributed by atoms with Crippen LogP contribution in [0, 0.1) is 17.8 Å². The number of benzene rings is 2. The number of hydrogen-bond donors (Lipinski definition) is 1. The van der Waals surface area contributed by atoms with E-state index in [4.69, 9.17) is 23.2 Å². The molecule has 0 unspecified atom stereocenters. The van der Waals surface area contributed by atoms with Gasteiger partial charge < -0.3 is 5.32 Å². The van der Waals surface area contributed by atoms with Crippen LogP contribution in [0.25, 0.3) is 0 Å². The molecule has 4 aliphatic carbocycles. The highest BCUT2D eigenvalue weighted by Crippen LogP contribution is 2.69. The molecule has 1 aliphatic heterocycles. The fraction of sp³-hybridized carbons (Fsp3) is 0.464. The lowest BCUT2D eigenvalue weighted by Crippen LogP contribution is -2.57. The average molecular weight is 511 g/mol. The van der Waals surface area contributed by atoms with E-state index in [0.717, 1.165) is 52.8 Å². The molecule has 1 saturated carbocycles. The summed E-state index contributed by atoms with van der Waals surface area (Å²) >= 11 is 14.9. The van der Waals surface area contributed by atoms with Gasteiger partial charge in [-0.3, -0.25) is 19.3 Å². The number of hydrogen-bond acceptors (Lipinski definition) is 3. The maximum absolute atomic E-state index is 14.0. The second-order valence-electron chi connectivity index (χ2n) is 10.7. The van der Waals surface area contributed by atoms with Crippen molar-refractivity contribution < 1.29 is 14.4 Å². The van der Waals surface area contributed by atoms with Crippen molar-refractivity contribution in [3.8, 4) is 0 Å². The Labute approximate surface area is 215 Å². The zero-order valence-corrected chi connectivity index (χ0v) is 21.3. The lowest BCUT2D eigenvalue weighted by molar-refractivity contribution is -0.147. The molecular formula is C28H28Cl2N2O3. The second-order valence-corrected chi connectivity index (χ2v) is 11.9. The van der Waals surface area contributed by atoms with E-state index in [-0.39, 0.29) is 11.9 Å². The Morgan fingerprint density at radius 3 is 1.66 bits per heavy atom. The average Bonchev–Trinajstić information content (AvgIpc) is 3.14. The summed E-state index contributed by atoms with van der Waals surface area (Å²) in [5, 5.41) is 3.08. The summed E-state index contributed by atoms with van der Waals surface area (Å²) in [6.45, 7) is 3.84. The summed E-state index contributed by atoms with van der Waals surface area (Å²) in [4.78, 5) is 39.8. The van der Waals surface area contributed by atoms with E-state index < -0.39 is 39.4 Å². The van der Waals surface area contributed by atoms with Crippen LogP contribution in [0.4, 0.5) is 0 Å². The van der Waals surface area contributed by atoms with Crippen LogP contribution in [0.1, 0.15) is 61.8 Å². The largest absolute Gasteiger partial charge is 0.352 e. The smallest absolute Gasteiger partial charge is 0.243 e. The Morgan fingerprint density at radius 1 is 0.857 bits per heavy atom. The lowest BCUT2D eigenvalue weighted by atomic mass is 9.54. The van der Waals surface area contributed by atoms with Crippen LogP contribution in [-0.2, 0) is 24.1 Å². The Morgan fingerprint density at radius 2 is 1.26 bits per heavy atom. The number of halogens is 2. The van der Waals surface area contributed by atoms with Gasteiger partial charge >= 0.3 is 0 Å². The first-order valence-corrected chi connectivity index (χ1v) is 13.2. The quantitative estimate of drug-likeness (QED) is 0.482. The Hall–Kier alpha value is -2.37. The van der Waals surface area contributed by atoms with Crippen molar-refractivity contribution >= 4 is 40.9 Å². The van der Waals surface area contributed by atoms with Crippen molar-refractivity contribution in [1.82, 2.24) is 10.2 Å². The molecule has 3 atom stereocenters. The molecule has 2 bridgehead atoms. The van der Waals surface area contributed by atoms with Crippen LogP contribution >= 0.6 is 23.2 Å². The highest BCUT2D eigenvalue weighted by Gasteiger charge is 2.73. The monoisotopic (exact) mass is 510 g/mol. The number of imide groups is 1. The normalized spacial score (nSPS) is 35.8. The highest BCUT2D eigenvalue weighted by atomic mass is 35.5. The van der Waals surface area contributed by atoms with Crippen molar-refractivity contribution in [2.45, 2.75) is 61.4 Å². The van der Waals surface area contributed by atoms with Crippen molar-refractivity contribution in [2.75, 3.05) is 0 Å². The summed E-state index contributed by atoms with van der Waals surface area (Å²) in [6, 6.07) is 14.2. The zero-order chi connectivity index (χ0) is 24.7. The molecule has 1 heterocycles. The van der Waals surface area contributed by atoms with Crippen LogP contribution in [0.3, 0.4) is 0 Å². The molecule has 2 aromatic carbocycles. The number of rotatable bonds is 3. The van der Waals surface area contributed by atoms with Gasteiger partial charge in [0.05, 0.1) is 11.8 Å². The summed E-state index contributed by atoms with van der Waals surface area (Å²) in [5.74, 6) is -2.27. The van der Waals surface area contributed by atoms with Crippen LogP contribution in [0.5, 0.6) is 0 Å². The van der Waals surface area contributed by atoms with E-state index in [1.807, 2.05) is 48.5 Å². The highest BCUT2D eigenvalue weighted by molar-refractivity contribution is 6.36. The fourth-order valence-corrected chi connectivity index (χ4v) is 8.01. The predicted octanol–water partition coefficient (Wildman–Crippen LogP) is 4.66.